The standard InChI is InChI=1S/C18H19N3O4/c1-21(2)13-10-8-12(9-11-13)19-16(22)17(23)20-15-7-5-4-6-14(15)18(24)25-3/h4-11H,1-3H3,(H,19,22)(H,20,23). The van der Waals surface area contributed by atoms with Gasteiger partial charge in [0.05, 0.1) is 18.4 Å². The van der Waals surface area contributed by atoms with Gasteiger partial charge in [-0.25, -0.2) is 4.79 Å². The number of nitrogens with zero attached hydrogens (tertiary/aromatic N) is 1. The van der Waals surface area contributed by atoms with Crippen molar-refractivity contribution in [2.75, 3.05) is 36.7 Å². The van der Waals surface area contributed by atoms with Gasteiger partial charge in [0, 0.05) is 25.5 Å². The van der Waals surface area contributed by atoms with Crippen molar-refractivity contribution in [3.63, 3.8) is 0 Å². The smallest absolute Gasteiger partial charge is 0.339 e. The van der Waals surface area contributed by atoms with Gasteiger partial charge >= 0.3 is 17.8 Å². The van der Waals surface area contributed by atoms with Crippen molar-refractivity contribution in [1.82, 2.24) is 0 Å². The van der Waals surface area contributed by atoms with Crippen LogP contribution in [0.3, 0.4) is 0 Å². The van der Waals surface area contributed by atoms with E-state index in [1.807, 2.05) is 31.1 Å². The van der Waals surface area contributed by atoms with Crippen LogP contribution < -0.4 is 15.5 Å². The lowest BCUT2D eigenvalue weighted by atomic mass is 10.2. The number of benzene rings is 2. The summed E-state index contributed by atoms with van der Waals surface area (Å²) in [4.78, 5) is 37.7. The van der Waals surface area contributed by atoms with E-state index in [1.165, 1.54) is 19.2 Å². The zero-order valence-electron chi connectivity index (χ0n) is 14.2. The van der Waals surface area contributed by atoms with Crippen LogP contribution in [0.15, 0.2) is 48.5 Å². The normalized spacial score (nSPS) is 9.88. The van der Waals surface area contributed by atoms with E-state index in [2.05, 4.69) is 15.4 Å². The van der Waals surface area contributed by atoms with E-state index in [1.54, 1.807) is 24.3 Å². The number of carbonyl (C=O) groups excluding carboxylic acids is 3. The summed E-state index contributed by atoms with van der Waals surface area (Å²) < 4.78 is 4.65. The minimum Gasteiger partial charge on any atom is -0.465 e. The van der Waals surface area contributed by atoms with Gasteiger partial charge in [0.1, 0.15) is 0 Å². The summed E-state index contributed by atoms with van der Waals surface area (Å²) in [5.41, 5.74) is 1.83. The molecule has 0 atom stereocenters. The first-order valence-corrected chi connectivity index (χ1v) is 7.49. The highest BCUT2D eigenvalue weighted by atomic mass is 16.5. The summed E-state index contributed by atoms with van der Waals surface area (Å²) in [7, 11) is 5.05. The monoisotopic (exact) mass is 341 g/mol. The summed E-state index contributed by atoms with van der Waals surface area (Å²) in [5.74, 6) is -2.32. The predicted molar refractivity (Wildman–Crippen MR) is 95.8 cm³/mol. The van der Waals surface area contributed by atoms with E-state index in [0.717, 1.165) is 5.69 Å². The average molecular weight is 341 g/mol. The topological polar surface area (TPSA) is 87.7 Å². The van der Waals surface area contributed by atoms with E-state index < -0.39 is 17.8 Å². The average Bonchev–Trinajstić information content (AvgIpc) is 2.61. The van der Waals surface area contributed by atoms with Gasteiger partial charge in [0.2, 0.25) is 0 Å². The Labute approximate surface area is 145 Å². The Morgan fingerprint density at radius 1 is 0.880 bits per heavy atom. The van der Waals surface area contributed by atoms with E-state index in [-0.39, 0.29) is 11.3 Å². The predicted octanol–water partition coefficient (Wildman–Crippen LogP) is 2.12. The van der Waals surface area contributed by atoms with Crippen molar-refractivity contribution < 1.29 is 19.1 Å². The number of anilines is 3. The molecular weight excluding hydrogens is 322 g/mol. The number of esters is 1. The van der Waals surface area contributed by atoms with Gasteiger partial charge < -0.3 is 20.3 Å². The zero-order chi connectivity index (χ0) is 18.4. The summed E-state index contributed by atoms with van der Waals surface area (Å²) in [5, 5.41) is 4.92. The van der Waals surface area contributed by atoms with Crippen molar-refractivity contribution in [2.24, 2.45) is 0 Å². The first kappa shape index (κ1) is 18.0. The maximum atomic E-state index is 12.1. The second-order valence-electron chi connectivity index (χ2n) is 5.39. The van der Waals surface area contributed by atoms with Gasteiger partial charge in [0.15, 0.2) is 0 Å². The molecule has 0 heterocycles. The van der Waals surface area contributed by atoms with Crippen molar-refractivity contribution in [1.29, 1.82) is 0 Å². The van der Waals surface area contributed by atoms with Crippen LogP contribution in [-0.2, 0) is 14.3 Å². The Morgan fingerprint density at radius 2 is 1.48 bits per heavy atom. The molecule has 130 valence electrons. The van der Waals surface area contributed by atoms with Gasteiger partial charge in [-0.05, 0) is 36.4 Å². The van der Waals surface area contributed by atoms with Crippen LogP contribution in [-0.4, -0.2) is 39.0 Å². The van der Waals surface area contributed by atoms with Crippen molar-refractivity contribution in [3.05, 3.63) is 54.1 Å². The van der Waals surface area contributed by atoms with Crippen molar-refractivity contribution >= 4 is 34.8 Å². The molecule has 0 fully saturated rings. The Morgan fingerprint density at radius 3 is 2.08 bits per heavy atom. The summed E-state index contributed by atoms with van der Waals surface area (Å²) in [6.07, 6.45) is 0. The molecular formula is C18H19N3O4. The van der Waals surface area contributed by atoms with E-state index in [0.29, 0.717) is 5.69 Å². The molecule has 2 aromatic carbocycles. The SMILES string of the molecule is COC(=O)c1ccccc1NC(=O)C(=O)Nc1ccc(N(C)C)cc1. The van der Waals surface area contributed by atoms with Crippen molar-refractivity contribution in [2.45, 2.75) is 0 Å². The van der Waals surface area contributed by atoms with Crippen molar-refractivity contribution in [3.8, 4) is 0 Å². The number of hydrogen-bond donors (Lipinski definition) is 2. The third-order valence-corrected chi connectivity index (χ3v) is 3.43. The van der Waals surface area contributed by atoms with Crippen LogP contribution in [0.4, 0.5) is 17.1 Å². The maximum absolute atomic E-state index is 12.1. The molecule has 2 aromatic rings. The highest BCUT2D eigenvalue weighted by Crippen LogP contribution is 2.17. The fourth-order valence-corrected chi connectivity index (χ4v) is 2.09. The summed E-state index contributed by atoms with van der Waals surface area (Å²) >= 11 is 0. The Bertz CT molecular complexity index is 785. The lowest BCUT2D eigenvalue weighted by molar-refractivity contribution is -0.133. The van der Waals surface area contributed by atoms with Crippen LogP contribution in [0.1, 0.15) is 10.4 Å². The Balaban J connectivity index is 2.06. The lowest BCUT2D eigenvalue weighted by Gasteiger charge is -2.13. The van der Waals surface area contributed by atoms with Gasteiger partial charge in [-0.1, -0.05) is 12.1 Å². The maximum Gasteiger partial charge on any atom is 0.339 e. The molecule has 0 aliphatic carbocycles. The van der Waals surface area contributed by atoms with Gasteiger partial charge in [-0.15, -0.1) is 0 Å². The molecule has 0 spiro atoms. The van der Waals surface area contributed by atoms with Crippen LogP contribution in [0, 0.1) is 0 Å². The molecule has 0 aliphatic heterocycles. The first-order valence-electron chi connectivity index (χ1n) is 7.49. The molecule has 7 heteroatoms. The minimum absolute atomic E-state index is 0.168. The number of carbonyl (C=O) groups is 3. The summed E-state index contributed by atoms with van der Waals surface area (Å²) in [6.45, 7) is 0. The Kier molecular flexibility index (Phi) is 5.73. The lowest BCUT2D eigenvalue weighted by Crippen LogP contribution is -2.29. The second-order valence-corrected chi connectivity index (χ2v) is 5.39. The highest BCUT2D eigenvalue weighted by Gasteiger charge is 2.18. The molecule has 2 rings (SSSR count). The minimum atomic E-state index is -0.881. The van der Waals surface area contributed by atoms with Gasteiger partial charge in [0.25, 0.3) is 0 Å². The molecule has 0 saturated heterocycles. The molecule has 25 heavy (non-hydrogen) atoms. The first-order chi connectivity index (χ1) is 11.9. The van der Waals surface area contributed by atoms with Gasteiger partial charge in [-0.2, -0.15) is 0 Å². The van der Waals surface area contributed by atoms with Crippen LogP contribution >= 0.6 is 0 Å². The molecule has 0 aromatic heterocycles. The molecule has 0 radical (unpaired) electrons. The quantitative estimate of drug-likeness (QED) is 0.657. The number of hydrogen-bond acceptors (Lipinski definition) is 5. The fourth-order valence-electron chi connectivity index (χ4n) is 2.09. The molecule has 7 nitrogen and oxygen atoms in total. The molecule has 0 aliphatic rings. The van der Waals surface area contributed by atoms with Gasteiger partial charge in [-0.3, -0.25) is 9.59 Å². The highest BCUT2D eigenvalue weighted by molar-refractivity contribution is 6.43. The zero-order valence-corrected chi connectivity index (χ0v) is 14.2. The molecule has 0 saturated carbocycles. The van der Waals surface area contributed by atoms with E-state index in [9.17, 15) is 14.4 Å². The molecule has 0 unspecified atom stereocenters. The number of amides is 2. The van der Waals surface area contributed by atoms with Crippen LogP contribution in [0.5, 0.6) is 0 Å². The Hall–Kier alpha value is -3.35. The number of methoxy groups -OCH3 is 1. The molecule has 2 amide bonds. The largest absolute Gasteiger partial charge is 0.465 e. The number of para-hydroxylation sites is 1. The molecule has 0 bridgehead atoms. The van der Waals surface area contributed by atoms with E-state index >= 15 is 0 Å². The molecule has 2 N–H and O–H groups in total. The van der Waals surface area contributed by atoms with E-state index in [4.69, 9.17) is 0 Å². The van der Waals surface area contributed by atoms with Crippen LogP contribution in [0.2, 0.25) is 0 Å². The van der Waals surface area contributed by atoms with Crippen LogP contribution in [0.25, 0.3) is 0 Å². The number of nitrogens with one attached hydrogen (secondary N) is 2. The third-order valence-electron chi connectivity index (χ3n) is 3.43. The second kappa shape index (κ2) is 7.96. The number of ether oxygens (including phenoxy) is 1. The third kappa shape index (κ3) is 4.57. The number of rotatable bonds is 4. The summed E-state index contributed by atoms with van der Waals surface area (Å²) in [6, 6.07) is 13.3. The fraction of sp³-hybridized carbons (Fsp3) is 0.167.